The SMILES string of the molecule is CCCCC(O)C#Cc1cc(OC)ccc1OC. The van der Waals surface area contributed by atoms with Gasteiger partial charge in [0.2, 0.25) is 0 Å². The third-order valence-corrected chi connectivity index (χ3v) is 2.61. The fourth-order valence-electron chi connectivity index (χ4n) is 1.54. The molecule has 0 amide bonds. The minimum atomic E-state index is -0.583. The third kappa shape index (κ3) is 4.31. The van der Waals surface area contributed by atoms with Crippen molar-refractivity contribution in [2.75, 3.05) is 14.2 Å². The average molecular weight is 248 g/mol. The van der Waals surface area contributed by atoms with Crippen LogP contribution in [0.3, 0.4) is 0 Å². The van der Waals surface area contributed by atoms with Crippen LogP contribution in [0.4, 0.5) is 0 Å². The van der Waals surface area contributed by atoms with Crippen LogP contribution >= 0.6 is 0 Å². The molecule has 0 aliphatic rings. The number of hydrogen-bond acceptors (Lipinski definition) is 3. The zero-order valence-electron chi connectivity index (χ0n) is 11.2. The van der Waals surface area contributed by atoms with Gasteiger partial charge in [-0.25, -0.2) is 0 Å². The molecule has 0 aromatic heterocycles. The molecule has 18 heavy (non-hydrogen) atoms. The first-order valence-corrected chi connectivity index (χ1v) is 6.13. The van der Waals surface area contributed by atoms with Gasteiger partial charge in [0.15, 0.2) is 0 Å². The molecule has 0 radical (unpaired) electrons. The van der Waals surface area contributed by atoms with E-state index >= 15 is 0 Å². The Labute approximate surface area is 109 Å². The molecule has 0 aliphatic heterocycles. The van der Waals surface area contributed by atoms with Crippen LogP contribution < -0.4 is 9.47 Å². The Bertz CT molecular complexity index is 429. The summed E-state index contributed by atoms with van der Waals surface area (Å²) in [5.74, 6) is 7.18. The molecule has 0 aliphatic carbocycles. The molecule has 1 unspecified atom stereocenters. The summed E-state index contributed by atoms with van der Waals surface area (Å²) in [6, 6.07) is 5.43. The number of rotatable bonds is 5. The van der Waals surface area contributed by atoms with Crippen molar-refractivity contribution < 1.29 is 14.6 Å². The van der Waals surface area contributed by atoms with Gasteiger partial charge in [-0.3, -0.25) is 0 Å². The van der Waals surface area contributed by atoms with Crippen molar-refractivity contribution in [1.29, 1.82) is 0 Å². The van der Waals surface area contributed by atoms with Crippen LogP contribution in [0.15, 0.2) is 18.2 Å². The molecular formula is C15H20O3. The van der Waals surface area contributed by atoms with Crippen LogP contribution in [0.1, 0.15) is 31.7 Å². The van der Waals surface area contributed by atoms with Gasteiger partial charge < -0.3 is 14.6 Å². The molecule has 1 atom stereocenters. The van der Waals surface area contributed by atoms with Gasteiger partial charge in [-0.2, -0.15) is 0 Å². The second kappa shape index (κ2) is 7.62. The van der Waals surface area contributed by atoms with Crippen LogP contribution in [0.25, 0.3) is 0 Å². The minimum absolute atomic E-state index is 0.583. The summed E-state index contributed by atoms with van der Waals surface area (Å²) in [4.78, 5) is 0. The molecule has 0 heterocycles. The number of unbranched alkanes of at least 4 members (excludes halogenated alkanes) is 1. The van der Waals surface area contributed by atoms with Crippen LogP contribution in [-0.4, -0.2) is 25.4 Å². The predicted molar refractivity (Wildman–Crippen MR) is 72.0 cm³/mol. The van der Waals surface area contributed by atoms with Crippen LogP contribution in [-0.2, 0) is 0 Å². The summed E-state index contributed by atoms with van der Waals surface area (Å²) >= 11 is 0. The average Bonchev–Trinajstić information content (AvgIpc) is 2.42. The van der Waals surface area contributed by atoms with Crippen LogP contribution in [0.2, 0.25) is 0 Å². The van der Waals surface area contributed by atoms with Gasteiger partial charge in [-0.15, -0.1) is 0 Å². The number of aliphatic hydroxyl groups excluding tert-OH is 1. The van der Waals surface area contributed by atoms with Gasteiger partial charge >= 0.3 is 0 Å². The molecule has 3 heteroatoms. The lowest BCUT2D eigenvalue weighted by Gasteiger charge is -2.06. The Hall–Kier alpha value is -1.66. The minimum Gasteiger partial charge on any atom is -0.497 e. The first-order chi connectivity index (χ1) is 8.71. The van der Waals surface area contributed by atoms with Crippen molar-refractivity contribution in [2.45, 2.75) is 32.3 Å². The molecular weight excluding hydrogens is 228 g/mol. The number of hydrogen-bond donors (Lipinski definition) is 1. The van der Waals surface area contributed by atoms with E-state index in [-0.39, 0.29) is 0 Å². The van der Waals surface area contributed by atoms with Gasteiger partial charge in [0, 0.05) is 0 Å². The van der Waals surface area contributed by atoms with Gasteiger partial charge in [-0.1, -0.05) is 31.6 Å². The first kappa shape index (κ1) is 14.4. The fraction of sp³-hybridized carbons (Fsp3) is 0.467. The maximum absolute atomic E-state index is 9.69. The second-order valence-corrected chi connectivity index (χ2v) is 3.99. The Kier molecular flexibility index (Phi) is 6.10. The lowest BCUT2D eigenvalue weighted by atomic mass is 10.1. The molecule has 1 rings (SSSR count). The molecule has 0 saturated heterocycles. The van der Waals surface area contributed by atoms with Crippen molar-refractivity contribution in [3.8, 4) is 23.3 Å². The zero-order chi connectivity index (χ0) is 13.4. The van der Waals surface area contributed by atoms with Crippen molar-refractivity contribution >= 4 is 0 Å². The Balaban J connectivity index is 2.84. The Morgan fingerprint density at radius 3 is 2.67 bits per heavy atom. The lowest BCUT2D eigenvalue weighted by molar-refractivity contribution is 0.218. The molecule has 0 fully saturated rings. The maximum atomic E-state index is 9.69. The van der Waals surface area contributed by atoms with Crippen LogP contribution in [0, 0.1) is 11.8 Å². The van der Waals surface area contributed by atoms with Crippen LogP contribution in [0.5, 0.6) is 11.5 Å². The van der Waals surface area contributed by atoms with Gasteiger partial charge in [-0.05, 0) is 24.6 Å². The monoisotopic (exact) mass is 248 g/mol. The lowest BCUT2D eigenvalue weighted by Crippen LogP contribution is -2.02. The highest BCUT2D eigenvalue weighted by atomic mass is 16.5. The van der Waals surface area contributed by atoms with E-state index in [1.54, 1.807) is 26.4 Å². The van der Waals surface area contributed by atoms with Gasteiger partial charge in [0.1, 0.15) is 17.6 Å². The number of methoxy groups -OCH3 is 2. The number of benzene rings is 1. The van der Waals surface area contributed by atoms with Gasteiger partial charge in [0.25, 0.3) is 0 Å². The Morgan fingerprint density at radius 1 is 1.28 bits per heavy atom. The third-order valence-electron chi connectivity index (χ3n) is 2.61. The molecule has 1 N–H and O–H groups in total. The highest BCUT2D eigenvalue weighted by molar-refractivity contribution is 5.50. The number of aliphatic hydroxyl groups is 1. The zero-order valence-corrected chi connectivity index (χ0v) is 11.2. The number of ether oxygens (including phenoxy) is 2. The summed E-state index contributed by atoms with van der Waals surface area (Å²) in [5.41, 5.74) is 0.729. The molecule has 3 nitrogen and oxygen atoms in total. The van der Waals surface area contributed by atoms with Crippen molar-refractivity contribution in [3.63, 3.8) is 0 Å². The summed E-state index contributed by atoms with van der Waals surface area (Å²) in [6.07, 6.45) is 2.16. The summed E-state index contributed by atoms with van der Waals surface area (Å²) in [6.45, 7) is 2.09. The molecule has 1 aromatic carbocycles. The first-order valence-electron chi connectivity index (χ1n) is 6.13. The quantitative estimate of drug-likeness (QED) is 0.814. The van der Waals surface area contributed by atoms with Crippen molar-refractivity contribution in [2.24, 2.45) is 0 Å². The maximum Gasteiger partial charge on any atom is 0.134 e. The normalized spacial score (nSPS) is 11.3. The fourth-order valence-corrected chi connectivity index (χ4v) is 1.54. The molecule has 98 valence electrons. The molecule has 0 bridgehead atoms. The summed E-state index contributed by atoms with van der Waals surface area (Å²) in [5, 5.41) is 9.69. The largest absolute Gasteiger partial charge is 0.497 e. The second-order valence-electron chi connectivity index (χ2n) is 3.99. The standard InChI is InChI=1S/C15H20O3/c1-4-5-6-13(16)8-7-12-11-14(17-2)9-10-15(12)18-3/h9-11,13,16H,4-6H2,1-3H3. The topological polar surface area (TPSA) is 38.7 Å². The predicted octanol–water partition coefficient (Wildman–Crippen LogP) is 2.61. The van der Waals surface area contributed by atoms with E-state index in [2.05, 4.69) is 18.8 Å². The molecule has 0 spiro atoms. The summed E-state index contributed by atoms with van der Waals surface area (Å²) < 4.78 is 10.4. The van der Waals surface area contributed by atoms with E-state index < -0.39 is 6.10 Å². The highest BCUT2D eigenvalue weighted by Crippen LogP contribution is 2.22. The van der Waals surface area contributed by atoms with E-state index in [4.69, 9.17) is 9.47 Å². The summed E-state index contributed by atoms with van der Waals surface area (Å²) in [7, 11) is 3.20. The molecule has 1 aromatic rings. The van der Waals surface area contributed by atoms with E-state index in [0.29, 0.717) is 12.2 Å². The molecule has 0 saturated carbocycles. The van der Waals surface area contributed by atoms with E-state index in [9.17, 15) is 5.11 Å². The van der Waals surface area contributed by atoms with E-state index in [0.717, 1.165) is 24.2 Å². The van der Waals surface area contributed by atoms with Crippen molar-refractivity contribution in [3.05, 3.63) is 23.8 Å². The highest BCUT2D eigenvalue weighted by Gasteiger charge is 2.03. The smallest absolute Gasteiger partial charge is 0.134 e. The van der Waals surface area contributed by atoms with Gasteiger partial charge in [0.05, 0.1) is 19.8 Å². The Morgan fingerprint density at radius 2 is 2.06 bits per heavy atom. The van der Waals surface area contributed by atoms with E-state index in [1.165, 1.54) is 0 Å². The van der Waals surface area contributed by atoms with E-state index in [1.807, 2.05) is 6.07 Å². The van der Waals surface area contributed by atoms with Crippen molar-refractivity contribution in [1.82, 2.24) is 0 Å².